The van der Waals surface area contributed by atoms with Crippen molar-refractivity contribution in [3.8, 4) is 0 Å². The van der Waals surface area contributed by atoms with E-state index in [-0.39, 0.29) is 18.3 Å². The number of rotatable bonds is 9. The zero-order chi connectivity index (χ0) is 20.7. The van der Waals surface area contributed by atoms with Gasteiger partial charge >= 0.3 is 0 Å². The maximum atomic E-state index is 14.5. The lowest BCUT2D eigenvalue weighted by Gasteiger charge is -2.41. The Kier molecular flexibility index (Phi) is 8.53. The minimum Gasteiger partial charge on any atom is -0.374 e. The largest absolute Gasteiger partial charge is 0.374 e. The number of hydrogen-bond acceptors (Lipinski definition) is 1. The van der Waals surface area contributed by atoms with Crippen LogP contribution in [0.2, 0.25) is 0 Å². The van der Waals surface area contributed by atoms with Crippen LogP contribution in [0.15, 0.2) is 24.3 Å². The number of hydrogen-bond donors (Lipinski definition) is 0. The first-order chi connectivity index (χ1) is 14.0. The van der Waals surface area contributed by atoms with E-state index in [1.807, 2.05) is 6.92 Å². The van der Waals surface area contributed by atoms with Gasteiger partial charge in [0.25, 0.3) is 5.92 Å². The predicted molar refractivity (Wildman–Crippen MR) is 116 cm³/mol. The molecule has 1 aromatic rings. The van der Waals surface area contributed by atoms with Crippen LogP contribution in [0.5, 0.6) is 0 Å². The fourth-order valence-electron chi connectivity index (χ4n) is 5.47. The quantitative estimate of drug-likeness (QED) is 0.404. The molecule has 0 heterocycles. The van der Waals surface area contributed by atoms with E-state index in [0.717, 1.165) is 51.4 Å². The minimum absolute atomic E-state index is 0.123. The molecule has 2 aliphatic rings. The van der Waals surface area contributed by atoms with Crippen molar-refractivity contribution in [1.82, 2.24) is 0 Å². The van der Waals surface area contributed by atoms with Gasteiger partial charge in [0, 0.05) is 12.3 Å². The molecule has 3 rings (SSSR count). The molecule has 2 fully saturated rings. The second-order valence-corrected chi connectivity index (χ2v) is 9.56. The lowest BCUT2D eigenvalue weighted by Crippen LogP contribution is -2.39. The fraction of sp³-hybridized carbons (Fsp3) is 0.769. The van der Waals surface area contributed by atoms with E-state index in [4.69, 9.17) is 4.74 Å². The van der Waals surface area contributed by atoms with Crippen molar-refractivity contribution in [1.29, 1.82) is 0 Å². The number of alkyl halides is 2. The average Bonchev–Trinajstić information content (AvgIpc) is 2.73. The molecule has 2 saturated carbocycles. The third-order valence-electron chi connectivity index (χ3n) is 7.37. The summed E-state index contributed by atoms with van der Waals surface area (Å²) in [5.74, 6) is -2.14. The van der Waals surface area contributed by atoms with Gasteiger partial charge in [-0.3, -0.25) is 0 Å². The molecule has 0 aromatic heterocycles. The number of benzene rings is 1. The molecule has 164 valence electrons. The topological polar surface area (TPSA) is 9.23 Å². The number of aryl methyl sites for hydroxylation is 1. The van der Waals surface area contributed by atoms with Crippen molar-refractivity contribution < 1.29 is 13.5 Å². The molecule has 29 heavy (non-hydrogen) atoms. The maximum Gasteiger partial charge on any atom is 0.251 e. The van der Waals surface area contributed by atoms with Crippen LogP contribution < -0.4 is 0 Å². The van der Waals surface area contributed by atoms with E-state index < -0.39 is 5.92 Å². The van der Waals surface area contributed by atoms with Gasteiger partial charge < -0.3 is 4.74 Å². The Morgan fingerprint density at radius 3 is 2.14 bits per heavy atom. The van der Waals surface area contributed by atoms with E-state index in [2.05, 4.69) is 31.2 Å². The number of unbranched alkanes of at least 4 members (excludes halogenated alkanes) is 1. The third kappa shape index (κ3) is 6.51. The van der Waals surface area contributed by atoms with E-state index in [9.17, 15) is 8.78 Å². The highest BCUT2D eigenvalue weighted by Crippen LogP contribution is 2.48. The molecule has 2 aliphatic carbocycles. The molecule has 0 bridgehead atoms. The van der Waals surface area contributed by atoms with Gasteiger partial charge in [-0.2, -0.15) is 0 Å². The van der Waals surface area contributed by atoms with Gasteiger partial charge in [0.15, 0.2) is 0 Å². The van der Waals surface area contributed by atoms with Crippen molar-refractivity contribution in [3.05, 3.63) is 35.4 Å². The second kappa shape index (κ2) is 10.9. The monoisotopic (exact) mass is 406 g/mol. The lowest BCUT2D eigenvalue weighted by atomic mass is 9.68. The summed E-state index contributed by atoms with van der Waals surface area (Å²) in [6.07, 6.45) is 11.5. The van der Waals surface area contributed by atoms with Gasteiger partial charge in [-0.05, 0) is 80.8 Å². The van der Waals surface area contributed by atoms with Crippen molar-refractivity contribution in [2.45, 2.75) is 110 Å². The Morgan fingerprint density at radius 1 is 0.862 bits per heavy atom. The summed E-state index contributed by atoms with van der Waals surface area (Å²) in [4.78, 5) is 0. The fourth-order valence-corrected chi connectivity index (χ4v) is 5.47. The number of ether oxygens (including phenoxy) is 1. The molecule has 1 aromatic carbocycles. The van der Waals surface area contributed by atoms with Crippen molar-refractivity contribution >= 4 is 0 Å². The van der Waals surface area contributed by atoms with Crippen LogP contribution in [0.4, 0.5) is 8.78 Å². The highest BCUT2D eigenvalue weighted by molar-refractivity contribution is 5.22. The Hall–Kier alpha value is -0.960. The minimum atomic E-state index is -2.45. The van der Waals surface area contributed by atoms with Gasteiger partial charge in [-0.1, -0.05) is 51.0 Å². The smallest absolute Gasteiger partial charge is 0.251 e. The summed E-state index contributed by atoms with van der Waals surface area (Å²) in [7, 11) is 0. The molecule has 3 heteroatoms. The molecule has 0 radical (unpaired) electrons. The van der Waals surface area contributed by atoms with Gasteiger partial charge in [0.2, 0.25) is 0 Å². The standard InChI is InChI=1S/C26H40F2O/c1-3-5-7-20-8-10-21(11-9-20)19-29-25-16-13-22(14-17-25)23-12-15-24(6-4-2)26(27,28)18-23/h8-11,22-25H,3-7,12-19H2,1-2H3. The Balaban J connectivity index is 1.39. The zero-order valence-corrected chi connectivity index (χ0v) is 18.5. The van der Waals surface area contributed by atoms with E-state index in [1.54, 1.807) is 0 Å². The number of halogens is 2. The SMILES string of the molecule is CCCCc1ccc(COC2CCC(C3CCC(CCC)C(F)(F)C3)CC2)cc1. The van der Waals surface area contributed by atoms with Crippen molar-refractivity contribution in [2.75, 3.05) is 0 Å². The van der Waals surface area contributed by atoms with Crippen LogP contribution in [-0.4, -0.2) is 12.0 Å². The lowest BCUT2D eigenvalue weighted by molar-refractivity contribution is -0.117. The van der Waals surface area contributed by atoms with Crippen LogP contribution in [0.25, 0.3) is 0 Å². The molecule has 2 atom stereocenters. The van der Waals surface area contributed by atoms with Gasteiger partial charge in [0.1, 0.15) is 0 Å². The van der Waals surface area contributed by atoms with Gasteiger partial charge in [-0.15, -0.1) is 0 Å². The van der Waals surface area contributed by atoms with Gasteiger partial charge in [-0.25, -0.2) is 8.78 Å². The van der Waals surface area contributed by atoms with Crippen LogP contribution in [-0.2, 0) is 17.8 Å². The molecular formula is C26H40F2O. The second-order valence-electron chi connectivity index (χ2n) is 9.56. The molecule has 2 unspecified atom stereocenters. The summed E-state index contributed by atoms with van der Waals surface area (Å²) >= 11 is 0. The van der Waals surface area contributed by atoms with Crippen molar-refractivity contribution in [2.24, 2.45) is 17.8 Å². The first kappa shape index (κ1) is 22.7. The first-order valence-electron chi connectivity index (χ1n) is 12.1. The van der Waals surface area contributed by atoms with Crippen molar-refractivity contribution in [3.63, 3.8) is 0 Å². The maximum absolute atomic E-state index is 14.5. The molecule has 0 spiro atoms. The summed E-state index contributed by atoms with van der Waals surface area (Å²) in [6.45, 7) is 4.91. The molecule has 0 saturated heterocycles. The molecule has 1 nitrogen and oxygen atoms in total. The Morgan fingerprint density at radius 2 is 1.52 bits per heavy atom. The van der Waals surface area contributed by atoms with E-state index in [0.29, 0.717) is 25.0 Å². The average molecular weight is 407 g/mol. The van der Waals surface area contributed by atoms with Crippen LogP contribution in [0.3, 0.4) is 0 Å². The summed E-state index contributed by atoms with van der Waals surface area (Å²) in [6, 6.07) is 8.82. The Labute approximate surface area is 176 Å². The molecule has 0 amide bonds. The van der Waals surface area contributed by atoms with Crippen LogP contribution >= 0.6 is 0 Å². The highest BCUT2D eigenvalue weighted by atomic mass is 19.3. The van der Waals surface area contributed by atoms with E-state index >= 15 is 0 Å². The summed E-state index contributed by atoms with van der Waals surface area (Å²) in [5.41, 5.74) is 2.64. The normalized spacial score (nSPS) is 29.7. The summed E-state index contributed by atoms with van der Waals surface area (Å²) < 4.78 is 35.2. The van der Waals surface area contributed by atoms with E-state index in [1.165, 1.54) is 24.0 Å². The predicted octanol–water partition coefficient (Wildman–Crippen LogP) is 7.96. The Bertz CT molecular complexity index is 589. The molecular weight excluding hydrogens is 366 g/mol. The third-order valence-corrected chi connectivity index (χ3v) is 7.37. The first-order valence-corrected chi connectivity index (χ1v) is 12.1. The molecule has 0 N–H and O–H groups in total. The van der Waals surface area contributed by atoms with Crippen LogP contribution in [0, 0.1) is 17.8 Å². The summed E-state index contributed by atoms with van der Waals surface area (Å²) in [5, 5.41) is 0. The zero-order valence-electron chi connectivity index (χ0n) is 18.5. The van der Waals surface area contributed by atoms with Gasteiger partial charge in [0.05, 0.1) is 12.7 Å². The highest BCUT2D eigenvalue weighted by Gasteiger charge is 2.46. The molecule has 0 aliphatic heterocycles. The van der Waals surface area contributed by atoms with Crippen LogP contribution in [0.1, 0.15) is 95.6 Å².